The zero-order chi connectivity index (χ0) is 14.4. The van der Waals surface area contributed by atoms with Crippen LogP contribution in [0.1, 0.15) is 44.2 Å². The Morgan fingerprint density at radius 2 is 2.05 bits per heavy atom. The second-order valence-electron chi connectivity index (χ2n) is 5.35. The molecule has 0 saturated carbocycles. The second kappa shape index (κ2) is 8.92. The number of hydrogen-bond donors (Lipinski definition) is 0. The SMILES string of the molecule is C/C=C\CCc1cc[c-]c(-c2cc(C(C)C)ccn2)c1.[Ir]. The maximum atomic E-state index is 4.48. The van der Waals surface area contributed by atoms with Gasteiger partial charge in [-0.15, -0.1) is 35.4 Å². The average molecular weight is 457 g/mol. The summed E-state index contributed by atoms with van der Waals surface area (Å²) < 4.78 is 0. The first-order valence-electron chi connectivity index (χ1n) is 7.29. The fraction of sp³-hybridized carbons (Fsp3) is 0.316. The monoisotopic (exact) mass is 457 g/mol. The number of nitrogens with zero attached hydrogens (tertiary/aromatic N) is 1. The quantitative estimate of drug-likeness (QED) is 0.446. The molecule has 1 aromatic heterocycles. The molecule has 2 heteroatoms. The topological polar surface area (TPSA) is 12.9 Å². The van der Waals surface area contributed by atoms with Crippen molar-refractivity contribution in [3.05, 3.63) is 65.9 Å². The number of aromatic nitrogens is 1. The van der Waals surface area contributed by atoms with E-state index in [1.54, 1.807) is 0 Å². The van der Waals surface area contributed by atoms with E-state index in [0.29, 0.717) is 5.92 Å². The molecule has 0 fully saturated rings. The second-order valence-corrected chi connectivity index (χ2v) is 5.35. The van der Waals surface area contributed by atoms with Gasteiger partial charge < -0.3 is 4.98 Å². The molecule has 0 spiro atoms. The Balaban J connectivity index is 0.00000220. The van der Waals surface area contributed by atoms with Crippen molar-refractivity contribution in [2.75, 3.05) is 0 Å². The van der Waals surface area contributed by atoms with Crippen LogP contribution < -0.4 is 0 Å². The minimum Gasteiger partial charge on any atom is -0.305 e. The summed E-state index contributed by atoms with van der Waals surface area (Å²) in [6, 6.07) is 13.9. The predicted octanol–water partition coefficient (Wildman–Crippen LogP) is 5.18. The first-order valence-corrected chi connectivity index (χ1v) is 7.29. The molecule has 0 atom stereocenters. The summed E-state index contributed by atoms with van der Waals surface area (Å²) in [5.74, 6) is 0.523. The van der Waals surface area contributed by atoms with Crippen molar-refractivity contribution in [1.29, 1.82) is 0 Å². The summed E-state index contributed by atoms with van der Waals surface area (Å²) in [6.45, 7) is 6.47. The largest absolute Gasteiger partial charge is 0.305 e. The molecule has 2 aromatic rings. The third kappa shape index (κ3) is 5.22. The van der Waals surface area contributed by atoms with Gasteiger partial charge in [0, 0.05) is 26.3 Å². The Kier molecular flexibility index (Phi) is 7.56. The molecule has 1 nitrogen and oxygen atoms in total. The fourth-order valence-corrected chi connectivity index (χ4v) is 2.19. The van der Waals surface area contributed by atoms with Gasteiger partial charge in [0.1, 0.15) is 0 Å². The third-order valence-corrected chi connectivity index (χ3v) is 3.43. The van der Waals surface area contributed by atoms with Crippen LogP contribution in [0.2, 0.25) is 0 Å². The predicted molar refractivity (Wildman–Crippen MR) is 85.7 cm³/mol. The summed E-state index contributed by atoms with van der Waals surface area (Å²) in [5.41, 5.74) is 4.77. The van der Waals surface area contributed by atoms with E-state index < -0.39 is 0 Å². The van der Waals surface area contributed by atoms with Crippen LogP contribution in [0.5, 0.6) is 0 Å². The molecule has 0 aliphatic carbocycles. The van der Waals surface area contributed by atoms with Gasteiger partial charge in [-0.1, -0.05) is 37.6 Å². The van der Waals surface area contributed by atoms with E-state index in [0.717, 1.165) is 24.1 Å². The standard InChI is InChI=1S/C19H22N.Ir/c1-4-5-6-8-16-9-7-10-18(13-16)19-14-17(15(2)3)11-12-20-19;/h4-5,7,9,11-15H,6,8H2,1-3H3;/q-1;/b5-4-;. The van der Waals surface area contributed by atoms with Crippen molar-refractivity contribution in [3.8, 4) is 11.3 Å². The van der Waals surface area contributed by atoms with E-state index in [9.17, 15) is 0 Å². The summed E-state index contributed by atoms with van der Waals surface area (Å²) in [4.78, 5) is 4.48. The van der Waals surface area contributed by atoms with E-state index >= 15 is 0 Å². The van der Waals surface area contributed by atoms with Crippen molar-refractivity contribution < 1.29 is 20.1 Å². The van der Waals surface area contributed by atoms with Gasteiger partial charge in [-0.05, 0) is 37.4 Å². The number of pyridine rings is 1. The van der Waals surface area contributed by atoms with E-state index in [-0.39, 0.29) is 20.1 Å². The number of rotatable bonds is 5. The molecule has 21 heavy (non-hydrogen) atoms. The minimum atomic E-state index is 0. The third-order valence-electron chi connectivity index (χ3n) is 3.43. The Labute approximate surface area is 141 Å². The molecular weight excluding hydrogens is 434 g/mol. The van der Waals surface area contributed by atoms with E-state index in [1.807, 2.05) is 12.3 Å². The molecule has 0 bridgehead atoms. The van der Waals surface area contributed by atoms with E-state index in [2.05, 4.69) is 68.2 Å². The molecular formula is C19H22IrN-. The number of benzene rings is 1. The van der Waals surface area contributed by atoms with Crippen LogP contribution in [0.15, 0.2) is 48.7 Å². The molecule has 1 radical (unpaired) electrons. The molecule has 2 rings (SSSR count). The maximum absolute atomic E-state index is 4.48. The van der Waals surface area contributed by atoms with Gasteiger partial charge in [0.2, 0.25) is 0 Å². The summed E-state index contributed by atoms with van der Waals surface area (Å²) in [7, 11) is 0. The first kappa shape index (κ1) is 17.8. The Morgan fingerprint density at radius 1 is 1.24 bits per heavy atom. The van der Waals surface area contributed by atoms with E-state index in [4.69, 9.17) is 0 Å². The van der Waals surface area contributed by atoms with Crippen LogP contribution in [0.4, 0.5) is 0 Å². The average Bonchev–Trinajstić information content (AvgIpc) is 2.48. The van der Waals surface area contributed by atoms with Crippen LogP contribution in [0, 0.1) is 6.07 Å². The molecule has 0 N–H and O–H groups in total. The molecule has 0 aliphatic rings. The summed E-state index contributed by atoms with van der Waals surface area (Å²) in [6.07, 6.45) is 8.35. The fourth-order valence-electron chi connectivity index (χ4n) is 2.19. The minimum absolute atomic E-state index is 0. The van der Waals surface area contributed by atoms with E-state index in [1.165, 1.54) is 11.1 Å². The van der Waals surface area contributed by atoms with Crippen molar-refractivity contribution in [3.63, 3.8) is 0 Å². The molecule has 0 amide bonds. The summed E-state index contributed by atoms with van der Waals surface area (Å²) in [5, 5.41) is 0. The van der Waals surface area contributed by atoms with Crippen LogP contribution in [0.25, 0.3) is 11.3 Å². The normalized spacial score (nSPS) is 10.9. The molecule has 0 aliphatic heterocycles. The molecule has 0 unspecified atom stereocenters. The van der Waals surface area contributed by atoms with Gasteiger partial charge in [0.25, 0.3) is 0 Å². The van der Waals surface area contributed by atoms with Gasteiger partial charge in [-0.2, -0.15) is 0 Å². The van der Waals surface area contributed by atoms with Crippen molar-refractivity contribution in [2.24, 2.45) is 0 Å². The van der Waals surface area contributed by atoms with Crippen LogP contribution in [-0.2, 0) is 26.5 Å². The number of hydrogen-bond acceptors (Lipinski definition) is 1. The van der Waals surface area contributed by atoms with Crippen LogP contribution in [-0.4, -0.2) is 4.98 Å². The van der Waals surface area contributed by atoms with Crippen LogP contribution in [0.3, 0.4) is 0 Å². The zero-order valence-corrected chi connectivity index (χ0v) is 15.3. The van der Waals surface area contributed by atoms with Gasteiger partial charge in [-0.3, -0.25) is 0 Å². The van der Waals surface area contributed by atoms with Crippen molar-refractivity contribution in [1.82, 2.24) is 4.98 Å². The molecule has 113 valence electrons. The first-order chi connectivity index (χ1) is 9.70. The summed E-state index contributed by atoms with van der Waals surface area (Å²) >= 11 is 0. The Hall–Kier alpha value is -1.24. The maximum Gasteiger partial charge on any atom is 0.0163 e. The molecule has 1 heterocycles. The van der Waals surface area contributed by atoms with Crippen LogP contribution >= 0.6 is 0 Å². The number of aryl methyl sites for hydroxylation is 1. The Morgan fingerprint density at radius 3 is 2.76 bits per heavy atom. The molecule has 1 aromatic carbocycles. The van der Waals surface area contributed by atoms with Gasteiger partial charge in [-0.25, -0.2) is 0 Å². The van der Waals surface area contributed by atoms with Gasteiger partial charge in [0.15, 0.2) is 0 Å². The van der Waals surface area contributed by atoms with Gasteiger partial charge >= 0.3 is 0 Å². The zero-order valence-electron chi connectivity index (χ0n) is 12.9. The van der Waals surface area contributed by atoms with Crippen molar-refractivity contribution in [2.45, 2.75) is 39.5 Å². The van der Waals surface area contributed by atoms with Gasteiger partial charge in [0.05, 0.1) is 0 Å². The smallest absolute Gasteiger partial charge is 0.0163 e. The number of allylic oxidation sites excluding steroid dienone is 2. The Bertz CT molecular complexity index is 588. The molecule has 0 saturated heterocycles. The van der Waals surface area contributed by atoms with Crippen molar-refractivity contribution >= 4 is 0 Å².